The van der Waals surface area contributed by atoms with Crippen LogP contribution in [0.2, 0.25) is 0 Å². The maximum absolute atomic E-state index is 14.3. The van der Waals surface area contributed by atoms with Gasteiger partial charge in [-0.3, -0.25) is 0 Å². The normalized spacial score (nSPS) is 33.7. The zero-order chi connectivity index (χ0) is 13.5. The van der Waals surface area contributed by atoms with Crippen molar-refractivity contribution in [2.45, 2.75) is 48.2 Å². The molecule has 4 heteroatoms. The SMILES string of the molecule is N#Cc1cccc(C2(O)CC3CCCC(C2)S3)c1F. The van der Waals surface area contributed by atoms with Crippen LogP contribution in [0.4, 0.5) is 4.39 Å². The zero-order valence-electron chi connectivity index (χ0n) is 10.6. The Balaban J connectivity index is 1.99. The van der Waals surface area contributed by atoms with Crippen LogP contribution in [0.1, 0.15) is 43.2 Å². The second kappa shape index (κ2) is 4.81. The second-order valence-corrected chi connectivity index (χ2v) is 7.14. The maximum Gasteiger partial charge on any atom is 0.147 e. The quantitative estimate of drug-likeness (QED) is 0.856. The van der Waals surface area contributed by atoms with Gasteiger partial charge in [-0.05, 0) is 31.7 Å². The summed E-state index contributed by atoms with van der Waals surface area (Å²) in [6, 6.07) is 6.60. The Bertz CT molecular complexity index is 527. The van der Waals surface area contributed by atoms with Gasteiger partial charge in [0, 0.05) is 16.1 Å². The van der Waals surface area contributed by atoms with E-state index < -0.39 is 11.4 Å². The van der Waals surface area contributed by atoms with E-state index in [1.165, 1.54) is 12.5 Å². The predicted molar refractivity (Wildman–Crippen MR) is 73.3 cm³/mol. The Morgan fingerprint density at radius 3 is 2.63 bits per heavy atom. The van der Waals surface area contributed by atoms with Crippen molar-refractivity contribution < 1.29 is 9.50 Å². The molecule has 2 bridgehead atoms. The van der Waals surface area contributed by atoms with Crippen molar-refractivity contribution >= 4 is 11.8 Å². The first-order valence-corrected chi connectivity index (χ1v) is 7.63. The minimum absolute atomic E-state index is 0.0225. The number of nitrogens with zero attached hydrogens (tertiary/aromatic N) is 1. The molecule has 2 unspecified atom stereocenters. The van der Waals surface area contributed by atoms with Crippen molar-refractivity contribution in [1.29, 1.82) is 5.26 Å². The molecule has 3 rings (SSSR count). The fraction of sp³-hybridized carbons (Fsp3) is 0.533. The van der Waals surface area contributed by atoms with Gasteiger partial charge in [0.15, 0.2) is 0 Å². The molecule has 2 aliphatic heterocycles. The third kappa shape index (κ3) is 2.26. The standard InChI is InChI=1S/C15H16FNOS/c16-14-10(9-17)3-1-6-13(14)15(18)7-11-4-2-5-12(8-15)19-11/h1,3,6,11-12,18H,2,4-5,7-8H2. The van der Waals surface area contributed by atoms with Crippen LogP contribution in [0.5, 0.6) is 0 Å². The predicted octanol–water partition coefficient (Wildman–Crippen LogP) is 3.33. The van der Waals surface area contributed by atoms with Gasteiger partial charge in [-0.15, -0.1) is 0 Å². The van der Waals surface area contributed by atoms with Crippen molar-refractivity contribution in [1.82, 2.24) is 0 Å². The van der Waals surface area contributed by atoms with Crippen molar-refractivity contribution in [3.63, 3.8) is 0 Å². The van der Waals surface area contributed by atoms with Gasteiger partial charge in [-0.2, -0.15) is 17.0 Å². The molecule has 2 fully saturated rings. The number of halogens is 1. The summed E-state index contributed by atoms with van der Waals surface area (Å²) in [5.74, 6) is -0.544. The summed E-state index contributed by atoms with van der Waals surface area (Å²) in [5, 5.41) is 20.6. The molecular weight excluding hydrogens is 261 g/mol. The molecule has 2 saturated heterocycles. The van der Waals surface area contributed by atoms with Crippen LogP contribution in [0.25, 0.3) is 0 Å². The van der Waals surface area contributed by atoms with Crippen LogP contribution in [-0.4, -0.2) is 15.6 Å². The third-order valence-electron chi connectivity index (χ3n) is 4.19. The molecule has 0 saturated carbocycles. The summed E-state index contributed by atoms with van der Waals surface area (Å²) in [6.45, 7) is 0. The number of thioether (sulfide) groups is 1. The van der Waals surface area contributed by atoms with Gasteiger partial charge in [0.05, 0.1) is 11.2 Å². The number of hydrogen-bond donors (Lipinski definition) is 1. The average Bonchev–Trinajstić information content (AvgIpc) is 2.38. The number of aliphatic hydroxyl groups is 1. The number of benzene rings is 1. The summed E-state index contributed by atoms with van der Waals surface area (Å²) < 4.78 is 14.3. The first-order chi connectivity index (χ1) is 9.12. The zero-order valence-corrected chi connectivity index (χ0v) is 11.4. The molecule has 2 heterocycles. The maximum atomic E-state index is 14.3. The monoisotopic (exact) mass is 277 g/mol. The van der Waals surface area contributed by atoms with Crippen LogP contribution >= 0.6 is 11.8 Å². The van der Waals surface area contributed by atoms with Gasteiger partial charge in [0.1, 0.15) is 11.9 Å². The number of rotatable bonds is 1. The van der Waals surface area contributed by atoms with Crippen LogP contribution < -0.4 is 0 Å². The summed E-state index contributed by atoms with van der Waals surface area (Å²) in [7, 11) is 0. The highest BCUT2D eigenvalue weighted by molar-refractivity contribution is 8.00. The van der Waals surface area contributed by atoms with E-state index in [9.17, 15) is 9.50 Å². The number of hydrogen-bond acceptors (Lipinski definition) is 3. The fourth-order valence-corrected chi connectivity index (χ4v) is 5.21. The second-order valence-electron chi connectivity index (χ2n) is 5.53. The number of fused-ring (bicyclic) bond motifs is 2. The Morgan fingerprint density at radius 2 is 2.00 bits per heavy atom. The molecular formula is C15H16FNOS. The first-order valence-electron chi connectivity index (χ1n) is 6.69. The van der Waals surface area contributed by atoms with E-state index in [0.717, 1.165) is 12.8 Å². The summed E-state index contributed by atoms with van der Waals surface area (Å²) in [5.41, 5.74) is -0.768. The Morgan fingerprint density at radius 1 is 1.32 bits per heavy atom. The van der Waals surface area contributed by atoms with Crippen LogP contribution in [0.3, 0.4) is 0 Å². The van der Waals surface area contributed by atoms with Gasteiger partial charge in [-0.1, -0.05) is 18.6 Å². The smallest absolute Gasteiger partial charge is 0.147 e. The summed E-state index contributed by atoms with van der Waals surface area (Å²) >= 11 is 1.94. The lowest BCUT2D eigenvalue weighted by Crippen LogP contribution is -2.41. The Labute approximate surface area is 116 Å². The van der Waals surface area contributed by atoms with Crippen LogP contribution in [0.15, 0.2) is 18.2 Å². The Kier molecular flexibility index (Phi) is 3.28. The lowest BCUT2D eigenvalue weighted by atomic mass is 9.80. The minimum Gasteiger partial charge on any atom is -0.385 e. The highest BCUT2D eigenvalue weighted by Gasteiger charge is 2.44. The van der Waals surface area contributed by atoms with Crippen molar-refractivity contribution in [3.8, 4) is 6.07 Å². The third-order valence-corrected chi connectivity index (χ3v) is 5.76. The molecule has 1 aromatic rings. The molecule has 2 atom stereocenters. The molecule has 1 aromatic carbocycles. The van der Waals surface area contributed by atoms with E-state index in [1.54, 1.807) is 12.1 Å². The van der Waals surface area contributed by atoms with E-state index in [0.29, 0.717) is 28.9 Å². The lowest BCUT2D eigenvalue weighted by molar-refractivity contribution is 0.00489. The van der Waals surface area contributed by atoms with Crippen molar-refractivity contribution in [2.75, 3.05) is 0 Å². The van der Waals surface area contributed by atoms with Gasteiger partial charge in [0.2, 0.25) is 0 Å². The molecule has 0 amide bonds. The fourth-order valence-electron chi connectivity index (χ4n) is 3.32. The summed E-state index contributed by atoms with van der Waals surface area (Å²) in [6.07, 6.45) is 4.60. The molecule has 1 N–H and O–H groups in total. The molecule has 100 valence electrons. The topological polar surface area (TPSA) is 44.0 Å². The first kappa shape index (κ1) is 13.0. The highest BCUT2D eigenvalue weighted by Crippen LogP contribution is 2.49. The number of nitriles is 1. The molecule has 0 spiro atoms. The molecule has 0 radical (unpaired) electrons. The van der Waals surface area contributed by atoms with E-state index in [1.807, 2.05) is 17.8 Å². The molecule has 19 heavy (non-hydrogen) atoms. The van der Waals surface area contributed by atoms with E-state index in [-0.39, 0.29) is 5.56 Å². The van der Waals surface area contributed by atoms with E-state index in [4.69, 9.17) is 5.26 Å². The lowest BCUT2D eigenvalue weighted by Gasteiger charge is -2.44. The highest BCUT2D eigenvalue weighted by atomic mass is 32.2. The van der Waals surface area contributed by atoms with Gasteiger partial charge >= 0.3 is 0 Å². The molecule has 0 aliphatic carbocycles. The molecule has 2 aliphatic rings. The van der Waals surface area contributed by atoms with Crippen LogP contribution in [-0.2, 0) is 5.60 Å². The van der Waals surface area contributed by atoms with E-state index in [2.05, 4.69) is 0 Å². The molecule has 2 nitrogen and oxygen atoms in total. The van der Waals surface area contributed by atoms with Gasteiger partial charge in [-0.25, -0.2) is 4.39 Å². The van der Waals surface area contributed by atoms with Crippen LogP contribution in [0, 0.1) is 17.1 Å². The largest absolute Gasteiger partial charge is 0.385 e. The van der Waals surface area contributed by atoms with Crippen molar-refractivity contribution in [2.24, 2.45) is 0 Å². The van der Waals surface area contributed by atoms with Gasteiger partial charge in [0.25, 0.3) is 0 Å². The molecule has 0 aromatic heterocycles. The van der Waals surface area contributed by atoms with Gasteiger partial charge < -0.3 is 5.11 Å². The average molecular weight is 277 g/mol. The minimum atomic E-state index is -1.10. The Hall–Kier alpha value is -1.05. The summed E-state index contributed by atoms with van der Waals surface area (Å²) in [4.78, 5) is 0. The van der Waals surface area contributed by atoms with Crippen molar-refractivity contribution in [3.05, 3.63) is 35.1 Å². The van der Waals surface area contributed by atoms with E-state index >= 15 is 0 Å².